The standard InChI is InChI=1S/C29H36ClF2N3O3/c1-29(2,3)34-17-24(23-10-9-21(31)16-26(23)32)25(18-34)27(36)33-12-11-22(35(14-13-33)28(37)38-4)15-19-5-7-20(30)8-6-19/h5,7-10,15-16,22,24-25H,6,11-14,17-18H2,1-4H3. The van der Waals surface area contributed by atoms with Crippen LogP contribution in [0.5, 0.6) is 0 Å². The lowest BCUT2D eigenvalue weighted by Gasteiger charge is -2.32. The van der Waals surface area contributed by atoms with Gasteiger partial charge in [-0.05, 0) is 56.9 Å². The summed E-state index contributed by atoms with van der Waals surface area (Å²) in [5.74, 6) is -2.22. The van der Waals surface area contributed by atoms with Crippen molar-refractivity contribution >= 4 is 23.6 Å². The second-order valence-corrected chi connectivity index (χ2v) is 11.6. The van der Waals surface area contributed by atoms with Gasteiger partial charge in [0.05, 0.1) is 19.1 Å². The Labute approximate surface area is 228 Å². The zero-order valence-electron chi connectivity index (χ0n) is 22.4. The number of rotatable bonds is 3. The highest BCUT2D eigenvalue weighted by Crippen LogP contribution is 2.38. The molecule has 0 radical (unpaired) electrons. The number of halogens is 3. The topological polar surface area (TPSA) is 53.1 Å². The van der Waals surface area contributed by atoms with Gasteiger partial charge in [0.2, 0.25) is 5.91 Å². The summed E-state index contributed by atoms with van der Waals surface area (Å²) >= 11 is 6.05. The summed E-state index contributed by atoms with van der Waals surface area (Å²) in [6.45, 7) is 8.30. The Balaban J connectivity index is 1.57. The van der Waals surface area contributed by atoms with Gasteiger partial charge in [-0.15, -0.1) is 0 Å². The van der Waals surface area contributed by atoms with Gasteiger partial charge in [-0.3, -0.25) is 14.6 Å². The first-order chi connectivity index (χ1) is 18.0. The minimum Gasteiger partial charge on any atom is -0.453 e. The van der Waals surface area contributed by atoms with Gasteiger partial charge < -0.3 is 9.64 Å². The van der Waals surface area contributed by atoms with Crippen molar-refractivity contribution in [1.29, 1.82) is 0 Å². The monoisotopic (exact) mass is 547 g/mol. The Morgan fingerprint density at radius 2 is 1.87 bits per heavy atom. The van der Waals surface area contributed by atoms with Gasteiger partial charge in [0, 0.05) is 55.3 Å². The molecule has 2 heterocycles. The normalized spacial score (nSPS) is 25.9. The number of allylic oxidation sites excluding steroid dienone is 5. The van der Waals surface area contributed by atoms with Gasteiger partial charge >= 0.3 is 6.09 Å². The lowest BCUT2D eigenvalue weighted by molar-refractivity contribution is -0.135. The Morgan fingerprint density at radius 3 is 2.50 bits per heavy atom. The maximum atomic E-state index is 14.9. The molecule has 1 aromatic carbocycles. The average Bonchev–Trinajstić information content (AvgIpc) is 3.21. The molecule has 9 heteroatoms. The molecule has 206 valence electrons. The van der Waals surface area contributed by atoms with Crippen molar-refractivity contribution in [2.75, 3.05) is 39.8 Å². The van der Waals surface area contributed by atoms with Crippen LogP contribution in [0.1, 0.15) is 45.1 Å². The Morgan fingerprint density at radius 1 is 1.11 bits per heavy atom. The van der Waals surface area contributed by atoms with E-state index in [-0.39, 0.29) is 17.5 Å². The molecular weight excluding hydrogens is 512 g/mol. The highest BCUT2D eigenvalue weighted by atomic mass is 35.5. The molecule has 0 spiro atoms. The molecular formula is C29H36ClF2N3O3. The van der Waals surface area contributed by atoms with Crippen molar-refractivity contribution in [2.24, 2.45) is 5.92 Å². The van der Waals surface area contributed by atoms with E-state index in [9.17, 15) is 18.4 Å². The first-order valence-corrected chi connectivity index (χ1v) is 13.4. The smallest absolute Gasteiger partial charge is 0.410 e. The van der Waals surface area contributed by atoms with Crippen LogP contribution in [0, 0.1) is 17.6 Å². The van der Waals surface area contributed by atoms with Crippen molar-refractivity contribution in [2.45, 2.75) is 51.1 Å². The summed E-state index contributed by atoms with van der Waals surface area (Å²) in [6.07, 6.45) is 8.47. The highest BCUT2D eigenvalue weighted by molar-refractivity contribution is 6.31. The van der Waals surface area contributed by atoms with E-state index >= 15 is 0 Å². The van der Waals surface area contributed by atoms with Crippen molar-refractivity contribution in [1.82, 2.24) is 14.7 Å². The van der Waals surface area contributed by atoms with E-state index in [0.29, 0.717) is 56.2 Å². The summed E-state index contributed by atoms with van der Waals surface area (Å²) in [5.41, 5.74) is 1.18. The van der Waals surface area contributed by atoms with E-state index in [1.54, 1.807) is 9.80 Å². The Kier molecular flexibility index (Phi) is 8.62. The van der Waals surface area contributed by atoms with E-state index in [2.05, 4.69) is 25.7 Å². The second kappa shape index (κ2) is 11.6. The van der Waals surface area contributed by atoms with Crippen LogP contribution >= 0.6 is 11.6 Å². The third kappa shape index (κ3) is 6.29. The van der Waals surface area contributed by atoms with Crippen LogP contribution in [0.4, 0.5) is 13.6 Å². The molecule has 1 aromatic rings. The number of hydrogen-bond acceptors (Lipinski definition) is 4. The summed E-state index contributed by atoms with van der Waals surface area (Å²) < 4.78 is 33.6. The van der Waals surface area contributed by atoms with Crippen molar-refractivity contribution in [3.63, 3.8) is 0 Å². The molecule has 0 bridgehead atoms. The van der Waals surface area contributed by atoms with Gasteiger partial charge in [-0.1, -0.05) is 35.9 Å². The fourth-order valence-corrected chi connectivity index (χ4v) is 5.69. The molecule has 2 fully saturated rings. The molecule has 0 N–H and O–H groups in total. The van der Waals surface area contributed by atoms with Crippen LogP contribution in [0.15, 0.2) is 53.1 Å². The summed E-state index contributed by atoms with van der Waals surface area (Å²) in [7, 11) is 1.35. The molecule has 4 rings (SSSR count). The fourth-order valence-electron chi connectivity index (χ4n) is 5.55. The molecule has 1 aliphatic carbocycles. The summed E-state index contributed by atoms with van der Waals surface area (Å²) in [6, 6.07) is 3.35. The largest absolute Gasteiger partial charge is 0.453 e. The van der Waals surface area contributed by atoms with Crippen LogP contribution in [0.25, 0.3) is 0 Å². The van der Waals surface area contributed by atoms with Gasteiger partial charge in [-0.2, -0.15) is 0 Å². The number of carbonyl (C=O) groups is 2. The predicted octanol–water partition coefficient (Wildman–Crippen LogP) is 5.46. The molecule has 0 saturated carbocycles. The summed E-state index contributed by atoms with van der Waals surface area (Å²) in [5, 5.41) is 0.678. The number of carbonyl (C=O) groups excluding carboxylic acids is 2. The molecule has 2 aliphatic heterocycles. The maximum absolute atomic E-state index is 14.9. The van der Waals surface area contributed by atoms with E-state index in [0.717, 1.165) is 11.6 Å². The third-order valence-electron chi connectivity index (χ3n) is 7.77. The van der Waals surface area contributed by atoms with Crippen LogP contribution in [0.2, 0.25) is 0 Å². The maximum Gasteiger partial charge on any atom is 0.410 e. The van der Waals surface area contributed by atoms with E-state index < -0.39 is 29.6 Å². The number of amides is 2. The van der Waals surface area contributed by atoms with Gasteiger partial charge in [0.15, 0.2) is 0 Å². The van der Waals surface area contributed by atoms with Gasteiger partial charge in [0.25, 0.3) is 0 Å². The van der Waals surface area contributed by atoms with E-state index in [1.165, 1.54) is 19.2 Å². The van der Waals surface area contributed by atoms with Crippen molar-refractivity contribution in [3.05, 3.63) is 70.3 Å². The molecule has 6 nitrogen and oxygen atoms in total. The lowest BCUT2D eigenvalue weighted by atomic mass is 9.87. The third-order valence-corrected chi connectivity index (χ3v) is 8.05. The molecule has 3 aliphatic rings. The molecule has 38 heavy (non-hydrogen) atoms. The van der Waals surface area contributed by atoms with Crippen molar-refractivity contribution in [3.8, 4) is 0 Å². The quantitative estimate of drug-likeness (QED) is 0.504. The first-order valence-electron chi connectivity index (χ1n) is 13.1. The fraction of sp³-hybridized carbons (Fsp3) is 0.517. The predicted molar refractivity (Wildman–Crippen MR) is 144 cm³/mol. The van der Waals surface area contributed by atoms with Gasteiger partial charge in [-0.25, -0.2) is 13.6 Å². The molecule has 0 aromatic heterocycles. The van der Waals surface area contributed by atoms with Crippen molar-refractivity contribution < 1.29 is 23.1 Å². The van der Waals surface area contributed by atoms with Crippen LogP contribution < -0.4 is 0 Å². The van der Waals surface area contributed by atoms with Gasteiger partial charge in [0.1, 0.15) is 11.6 Å². The van der Waals surface area contributed by atoms with Crippen LogP contribution in [-0.4, -0.2) is 78.1 Å². The van der Waals surface area contributed by atoms with Crippen LogP contribution in [0.3, 0.4) is 0 Å². The molecule has 3 atom stereocenters. The summed E-state index contributed by atoms with van der Waals surface area (Å²) in [4.78, 5) is 32.3. The zero-order valence-corrected chi connectivity index (χ0v) is 23.2. The zero-order chi connectivity index (χ0) is 27.6. The molecule has 3 unspecified atom stereocenters. The average molecular weight is 548 g/mol. The minimum absolute atomic E-state index is 0.0733. The Hall–Kier alpha value is -2.71. The Bertz CT molecular complexity index is 1160. The lowest BCUT2D eigenvalue weighted by Crippen LogP contribution is -2.44. The highest BCUT2D eigenvalue weighted by Gasteiger charge is 2.45. The number of benzene rings is 1. The van der Waals surface area contributed by atoms with Crippen LogP contribution in [-0.2, 0) is 9.53 Å². The number of methoxy groups -OCH3 is 1. The number of nitrogens with zero attached hydrogens (tertiary/aromatic N) is 3. The number of hydrogen-bond donors (Lipinski definition) is 0. The molecule has 2 amide bonds. The first kappa shape index (κ1) is 28.3. The SMILES string of the molecule is COC(=O)N1CCN(C(=O)C2CN(C(C)(C)C)CC2c2ccc(F)cc2F)CCC1C=C1C=CC(Cl)=CC1. The second-order valence-electron chi connectivity index (χ2n) is 11.2. The molecule has 2 saturated heterocycles. The van der Waals surface area contributed by atoms with E-state index in [1.807, 2.05) is 24.3 Å². The van der Waals surface area contributed by atoms with E-state index in [4.69, 9.17) is 16.3 Å². The number of ether oxygens (including phenoxy) is 1. The number of likely N-dealkylation sites (tertiary alicyclic amines) is 1. The minimum atomic E-state index is -0.638.